The van der Waals surface area contributed by atoms with Gasteiger partial charge in [-0.05, 0) is 59.6 Å². The Morgan fingerprint density at radius 3 is 2.90 bits per heavy atom. The first-order valence-corrected chi connectivity index (χ1v) is 7.08. The Kier molecular flexibility index (Phi) is 4.84. The van der Waals surface area contributed by atoms with Crippen LogP contribution in [0.1, 0.15) is 18.2 Å². The SMILES string of the molecule is Cc1ccc(OC(C)C(=O)NCc2ccco2)c(Br)c1. The fraction of sp³-hybridized carbons (Fsp3) is 0.267. The van der Waals surface area contributed by atoms with Crippen LogP contribution < -0.4 is 10.1 Å². The number of carbonyl (C=O) groups excluding carboxylic acids is 1. The second-order valence-corrected chi connectivity index (χ2v) is 5.35. The summed E-state index contributed by atoms with van der Waals surface area (Å²) in [7, 11) is 0. The van der Waals surface area contributed by atoms with Crippen LogP contribution in [0, 0.1) is 6.92 Å². The van der Waals surface area contributed by atoms with Crippen LogP contribution in [0.15, 0.2) is 45.5 Å². The number of aryl methyl sites for hydroxylation is 1. The lowest BCUT2D eigenvalue weighted by Gasteiger charge is -2.15. The summed E-state index contributed by atoms with van der Waals surface area (Å²) in [6.07, 6.45) is 0.995. The third-order valence-corrected chi connectivity index (χ3v) is 3.40. The zero-order valence-electron chi connectivity index (χ0n) is 11.4. The van der Waals surface area contributed by atoms with Gasteiger partial charge in [-0.2, -0.15) is 0 Å². The molecule has 106 valence electrons. The Balaban J connectivity index is 1.90. The highest BCUT2D eigenvalue weighted by Crippen LogP contribution is 2.26. The molecule has 0 saturated heterocycles. The van der Waals surface area contributed by atoms with Crippen molar-refractivity contribution < 1.29 is 13.9 Å². The highest BCUT2D eigenvalue weighted by Gasteiger charge is 2.16. The second-order valence-electron chi connectivity index (χ2n) is 4.49. The van der Waals surface area contributed by atoms with Gasteiger partial charge in [0, 0.05) is 0 Å². The number of halogens is 1. The molecule has 2 aromatic rings. The molecule has 0 aliphatic rings. The molecule has 1 amide bonds. The highest BCUT2D eigenvalue weighted by atomic mass is 79.9. The molecule has 1 atom stereocenters. The number of hydrogen-bond donors (Lipinski definition) is 1. The number of furan rings is 1. The minimum absolute atomic E-state index is 0.186. The molecule has 2 rings (SSSR count). The van der Waals surface area contributed by atoms with Gasteiger partial charge in [0.2, 0.25) is 0 Å². The normalized spacial score (nSPS) is 11.9. The average Bonchev–Trinajstić information content (AvgIpc) is 2.92. The summed E-state index contributed by atoms with van der Waals surface area (Å²) >= 11 is 3.42. The van der Waals surface area contributed by atoms with Crippen molar-refractivity contribution in [2.75, 3.05) is 0 Å². The predicted octanol–water partition coefficient (Wildman–Crippen LogP) is 3.43. The van der Waals surface area contributed by atoms with Gasteiger partial charge in [0.25, 0.3) is 5.91 Å². The molecule has 20 heavy (non-hydrogen) atoms. The first-order valence-electron chi connectivity index (χ1n) is 6.29. The minimum Gasteiger partial charge on any atom is -0.480 e. The molecule has 0 radical (unpaired) electrons. The van der Waals surface area contributed by atoms with Crippen LogP contribution in [-0.2, 0) is 11.3 Å². The third-order valence-electron chi connectivity index (χ3n) is 2.78. The first-order chi connectivity index (χ1) is 9.56. The molecule has 0 saturated carbocycles. The Morgan fingerprint density at radius 2 is 2.25 bits per heavy atom. The highest BCUT2D eigenvalue weighted by molar-refractivity contribution is 9.10. The second kappa shape index (κ2) is 6.61. The van der Waals surface area contributed by atoms with Gasteiger partial charge in [-0.25, -0.2) is 0 Å². The molecular formula is C15H16BrNO3. The number of rotatable bonds is 5. The summed E-state index contributed by atoms with van der Waals surface area (Å²) in [4.78, 5) is 11.9. The number of carbonyl (C=O) groups is 1. The lowest BCUT2D eigenvalue weighted by molar-refractivity contribution is -0.127. The van der Waals surface area contributed by atoms with Crippen LogP contribution in [0.4, 0.5) is 0 Å². The molecule has 1 aromatic heterocycles. The summed E-state index contributed by atoms with van der Waals surface area (Å²) < 4.78 is 11.6. The first kappa shape index (κ1) is 14.7. The average molecular weight is 338 g/mol. The van der Waals surface area contributed by atoms with Gasteiger partial charge in [0.05, 0.1) is 17.3 Å². The maximum absolute atomic E-state index is 11.9. The van der Waals surface area contributed by atoms with E-state index in [9.17, 15) is 4.79 Å². The lowest BCUT2D eigenvalue weighted by Crippen LogP contribution is -2.35. The fourth-order valence-electron chi connectivity index (χ4n) is 1.68. The topological polar surface area (TPSA) is 51.5 Å². The summed E-state index contributed by atoms with van der Waals surface area (Å²) in [6, 6.07) is 9.32. The largest absolute Gasteiger partial charge is 0.480 e. The van der Waals surface area contributed by atoms with E-state index >= 15 is 0 Å². The number of amides is 1. The number of benzene rings is 1. The number of ether oxygens (including phenoxy) is 1. The molecule has 1 unspecified atom stereocenters. The van der Waals surface area contributed by atoms with E-state index in [0.717, 1.165) is 10.0 Å². The van der Waals surface area contributed by atoms with Crippen molar-refractivity contribution in [1.82, 2.24) is 5.32 Å². The molecule has 0 spiro atoms. The monoisotopic (exact) mass is 337 g/mol. The summed E-state index contributed by atoms with van der Waals surface area (Å²) in [5.41, 5.74) is 1.12. The van der Waals surface area contributed by atoms with Crippen LogP contribution in [0.3, 0.4) is 0 Å². The van der Waals surface area contributed by atoms with Crippen LogP contribution >= 0.6 is 15.9 Å². The zero-order chi connectivity index (χ0) is 14.5. The van der Waals surface area contributed by atoms with Gasteiger partial charge in [-0.1, -0.05) is 6.07 Å². The molecule has 1 aromatic carbocycles. The van der Waals surface area contributed by atoms with Gasteiger partial charge in [-0.15, -0.1) is 0 Å². The van der Waals surface area contributed by atoms with E-state index in [1.54, 1.807) is 19.3 Å². The number of hydrogen-bond acceptors (Lipinski definition) is 3. The van der Waals surface area contributed by atoms with Gasteiger partial charge in [-0.3, -0.25) is 4.79 Å². The standard InChI is InChI=1S/C15H16BrNO3/c1-10-5-6-14(13(16)8-10)20-11(2)15(18)17-9-12-4-3-7-19-12/h3-8,11H,9H2,1-2H3,(H,17,18). The molecular weight excluding hydrogens is 322 g/mol. The maximum Gasteiger partial charge on any atom is 0.261 e. The van der Waals surface area contributed by atoms with E-state index < -0.39 is 6.10 Å². The van der Waals surface area contributed by atoms with Crippen LogP contribution in [0.2, 0.25) is 0 Å². The van der Waals surface area contributed by atoms with Crippen molar-refractivity contribution in [3.8, 4) is 5.75 Å². The van der Waals surface area contributed by atoms with Crippen LogP contribution in [0.5, 0.6) is 5.75 Å². The molecule has 4 nitrogen and oxygen atoms in total. The quantitative estimate of drug-likeness (QED) is 0.909. The Morgan fingerprint density at radius 1 is 1.45 bits per heavy atom. The lowest BCUT2D eigenvalue weighted by atomic mass is 10.2. The van der Waals surface area contributed by atoms with Crippen LogP contribution in [0.25, 0.3) is 0 Å². The molecule has 1 heterocycles. The summed E-state index contributed by atoms with van der Waals surface area (Å²) in [5, 5.41) is 2.76. The maximum atomic E-state index is 11.9. The van der Waals surface area contributed by atoms with E-state index in [1.807, 2.05) is 31.2 Å². The van der Waals surface area contributed by atoms with E-state index in [0.29, 0.717) is 18.1 Å². The Bertz CT molecular complexity index is 581. The summed E-state index contributed by atoms with van der Waals surface area (Å²) in [5.74, 6) is 1.17. The molecule has 0 fully saturated rings. The van der Waals surface area contributed by atoms with Gasteiger partial charge < -0.3 is 14.5 Å². The van der Waals surface area contributed by atoms with Gasteiger partial charge in [0.1, 0.15) is 11.5 Å². The molecule has 5 heteroatoms. The smallest absolute Gasteiger partial charge is 0.261 e. The number of nitrogens with one attached hydrogen (secondary N) is 1. The molecule has 1 N–H and O–H groups in total. The fourth-order valence-corrected chi connectivity index (χ4v) is 2.26. The van der Waals surface area contributed by atoms with Crippen molar-refractivity contribution in [2.45, 2.75) is 26.5 Å². The van der Waals surface area contributed by atoms with E-state index in [4.69, 9.17) is 9.15 Å². The minimum atomic E-state index is -0.580. The van der Waals surface area contributed by atoms with E-state index in [-0.39, 0.29) is 5.91 Å². The molecule has 0 aliphatic heterocycles. The predicted molar refractivity (Wildman–Crippen MR) is 79.5 cm³/mol. The third kappa shape index (κ3) is 3.87. The van der Waals surface area contributed by atoms with Gasteiger partial charge >= 0.3 is 0 Å². The van der Waals surface area contributed by atoms with Crippen LogP contribution in [-0.4, -0.2) is 12.0 Å². The van der Waals surface area contributed by atoms with E-state index in [2.05, 4.69) is 21.2 Å². The zero-order valence-corrected chi connectivity index (χ0v) is 12.9. The van der Waals surface area contributed by atoms with E-state index in [1.165, 1.54) is 0 Å². The van der Waals surface area contributed by atoms with Crippen molar-refractivity contribution in [1.29, 1.82) is 0 Å². The van der Waals surface area contributed by atoms with Crippen molar-refractivity contribution in [3.63, 3.8) is 0 Å². The van der Waals surface area contributed by atoms with Crippen molar-refractivity contribution in [2.24, 2.45) is 0 Å². The molecule has 0 aliphatic carbocycles. The van der Waals surface area contributed by atoms with Crippen molar-refractivity contribution >= 4 is 21.8 Å². The Hall–Kier alpha value is -1.75. The van der Waals surface area contributed by atoms with Crippen molar-refractivity contribution in [3.05, 3.63) is 52.4 Å². The molecule has 0 bridgehead atoms. The Labute approximate surface area is 126 Å². The summed E-state index contributed by atoms with van der Waals surface area (Å²) in [6.45, 7) is 4.06. The van der Waals surface area contributed by atoms with Gasteiger partial charge in [0.15, 0.2) is 6.10 Å².